The minimum absolute atomic E-state index is 0.244. The predicted octanol–water partition coefficient (Wildman–Crippen LogP) is 3.97. The second-order valence-electron chi connectivity index (χ2n) is 7.03. The van der Waals surface area contributed by atoms with Gasteiger partial charge in [-0.25, -0.2) is 9.97 Å². The van der Waals surface area contributed by atoms with Crippen LogP contribution in [0.4, 0.5) is 0 Å². The standard InChI is InChI=1S/C22H24N4O2/c1-4-15-21(16-10-23-12-18(25-16)27-2)20(14-8-6-5-7-9-14)22(15)17-11-24-13-19(26-17)28-3/h5-13,15,20-22H,4H2,1-3H3. The lowest BCUT2D eigenvalue weighted by Crippen LogP contribution is -2.42. The van der Waals surface area contributed by atoms with Gasteiger partial charge in [-0.15, -0.1) is 0 Å². The van der Waals surface area contributed by atoms with Crippen LogP contribution in [0.25, 0.3) is 0 Å². The Balaban J connectivity index is 1.79. The molecule has 0 bridgehead atoms. The molecular weight excluding hydrogens is 352 g/mol. The van der Waals surface area contributed by atoms with E-state index in [1.807, 2.05) is 18.5 Å². The first-order chi connectivity index (χ1) is 13.8. The van der Waals surface area contributed by atoms with Crippen LogP contribution in [0.1, 0.15) is 48.0 Å². The van der Waals surface area contributed by atoms with Crippen LogP contribution in [-0.4, -0.2) is 34.2 Å². The van der Waals surface area contributed by atoms with Crippen LogP contribution in [-0.2, 0) is 0 Å². The Morgan fingerprint density at radius 1 is 0.750 bits per heavy atom. The first-order valence-electron chi connectivity index (χ1n) is 9.53. The maximum Gasteiger partial charge on any atom is 0.232 e. The Morgan fingerprint density at radius 3 is 1.75 bits per heavy atom. The van der Waals surface area contributed by atoms with Crippen molar-refractivity contribution in [2.75, 3.05) is 14.2 Å². The van der Waals surface area contributed by atoms with Gasteiger partial charge in [-0.3, -0.25) is 9.97 Å². The van der Waals surface area contributed by atoms with E-state index in [4.69, 9.17) is 19.4 Å². The maximum atomic E-state index is 5.31. The monoisotopic (exact) mass is 376 g/mol. The molecule has 2 unspecified atom stereocenters. The van der Waals surface area contributed by atoms with Gasteiger partial charge in [0.15, 0.2) is 0 Å². The smallest absolute Gasteiger partial charge is 0.232 e. The fourth-order valence-corrected chi connectivity index (χ4v) is 4.48. The summed E-state index contributed by atoms with van der Waals surface area (Å²) in [5.74, 6) is 2.20. The van der Waals surface area contributed by atoms with Crippen molar-refractivity contribution >= 4 is 0 Å². The first kappa shape index (κ1) is 18.3. The van der Waals surface area contributed by atoms with Crippen LogP contribution in [0.2, 0.25) is 0 Å². The van der Waals surface area contributed by atoms with Crippen LogP contribution in [0, 0.1) is 5.92 Å². The highest BCUT2D eigenvalue weighted by Crippen LogP contribution is 2.62. The molecule has 6 nitrogen and oxygen atoms in total. The molecule has 1 saturated carbocycles. The lowest BCUT2D eigenvalue weighted by atomic mass is 9.52. The highest BCUT2D eigenvalue weighted by atomic mass is 16.5. The number of hydrogen-bond acceptors (Lipinski definition) is 6. The van der Waals surface area contributed by atoms with Gasteiger partial charge in [0.05, 0.1) is 38.0 Å². The molecule has 0 radical (unpaired) electrons. The van der Waals surface area contributed by atoms with E-state index in [1.165, 1.54) is 5.56 Å². The van der Waals surface area contributed by atoms with Crippen molar-refractivity contribution in [2.24, 2.45) is 5.92 Å². The topological polar surface area (TPSA) is 70.0 Å². The summed E-state index contributed by atoms with van der Waals surface area (Å²) < 4.78 is 10.6. The van der Waals surface area contributed by atoms with Gasteiger partial charge >= 0.3 is 0 Å². The van der Waals surface area contributed by atoms with Gasteiger partial charge in [0, 0.05) is 30.1 Å². The number of rotatable bonds is 6. The summed E-state index contributed by atoms with van der Waals surface area (Å²) in [7, 11) is 3.24. The van der Waals surface area contributed by atoms with E-state index in [-0.39, 0.29) is 17.8 Å². The Morgan fingerprint density at radius 2 is 1.29 bits per heavy atom. The normalized spacial score (nSPS) is 23.7. The summed E-state index contributed by atoms with van der Waals surface area (Å²) in [6, 6.07) is 10.6. The van der Waals surface area contributed by atoms with E-state index in [0.717, 1.165) is 17.8 Å². The van der Waals surface area contributed by atoms with Crippen molar-refractivity contribution in [3.63, 3.8) is 0 Å². The van der Waals surface area contributed by atoms with Crippen molar-refractivity contribution in [1.82, 2.24) is 19.9 Å². The zero-order valence-corrected chi connectivity index (χ0v) is 16.3. The molecule has 4 rings (SSSR count). The number of hydrogen-bond donors (Lipinski definition) is 0. The zero-order valence-electron chi connectivity index (χ0n) is 16.3. The minimum atomic E-state index is 0.244. The third-order valence-electron chi connectivity index (χ3n) is 5.72. The van der Waals surface area contributed by atoms with Crippen molar-refractivity contribution < 1.29 is 9.47 Å². The molecule has 1 aliphatic rings. The van der Waals surface area contributed by atoms with Gasteiger partial charge in [-0.1, -0.05) is 43.7 Å². The Labute approximate surface area is 165 Å². The highest BCUT2D eigenvalue weighted by molar-refractivity contribution is 5.38. The Hall–Kier alpha value is -3.02. The lowest BCUT2D eigenvalue weighted by Gasteiger charge is -2.51. The van der Waals surface area contributed by atoms with E-state index < -0.39 is 0 Å². The molecule has 2 heterocycles. The Bertz CT molecular complexity index is 879. The summed E-state index contributed by atoms with van der Waals surface area (Å²) in [6.45, 7) is 2.22. The van der Waals surface area contributed by atoms with Crippen LogP contribution in [0.3, 0.4) is 0 Å². The molecule has 0 saturated heterocycles. The second-order valence-corrected chi connectivity index (χ2v) is 7.03. The van der Waals surface area contributed by atoms with E-state index >= 15 is 0 Å². The number of benzene rings is 1. The molecule has 1 aromatic carbocycles. The predicted molar refractivity (Wildman–Crippen MR) is 106 cm³/mol. The van der Waals surface area contributed by atoms with Gasteiger partial charge in [-0.2, -0.15) is 0 Å². The van der Waals surface area contributed by atoms with Gasteiger partial charge < -0.3 is 9.47 Å². The number of aromatic nitrogens is 4. The number of ether oxygens (including phenoxy) is 2. The molecule has 0 aliphatic heterocycles. The van der Waals surface area contributed by atoms with Crippen LogP contribution in [0.15, 0.2) is 55.1 Å². The fourth-order valence-electron chi connectivity index (χ4n) is 4.48. The molecule has 0 N–H and O–H groups in total. The minimum Gasteiger partial charge on any atom is -0.480 e. The first-order valence-corrected chi connectivity index (χ1v) is 9.53. The average Bonchev–Trinajstić information content (AvgIpc) is 2.74. The fraction of sp³-hybridized carbons (Fsp3) is 0.364. The summed E-state index contributed by atoms with van der Waals surface area (Å²) in [5.41, 5.74) is 3.20. The molecule has 28 heavy (non-hydrogen) atoms. The van der Waals surface area contributed by atoms with Gasteiger partial charge in [0.1, 0.15) is 0 Å². The molecule has 0 spiro atoms. The summed E-state index contributed by atoms with van der Waals surface area (Å²) in [5, 5.41) is 0. The van der Waals surface area contributed by atoms with E-state index in [2.05, 4.69) is 41.2 Å². The summed E-state index contributed by atoms with van der Waals surface area (Å²) in [6.07, 6.45) is 8.02. The van der Waals surface area contributed by atoms with Crippen molar-refractivity contribution in [2.45, 2.75) is 31.1 Å². The molecule has 6 heteroatoms. The summed E-state index contributed by atoms with van der Waals surface area (Å²) in [4.78, 5) is 18.1. The number of methoxy groups -OCH3 is 2. The van der Waals surface area contributed by atoms with Crippen LogP contribution >= 0.6 is 0 Å². The molecule has 144 valence electrons. The van der Waals surface area contributed by atoms with E-state index in [9.17, 15) is 0 Å². The average molecular weight is 376 g/mol. The van der Waals surface area contributed by atoms with Crippen molar-refractivity contribution in [1.29, 1.82) is 0 Å². The molecule has 0 amide bonds. The third kappa shape index (κ3) is 3.19. The zero-order chi connectivity index (χ0) is 19.5. The molecule has 1 fully saturated rings. The van der Waals surface area contributed by atoms with Gasteiger partial charge in [0.25, 0.3) is 0 Å². The molecule has 2 atom stereocenters. The van der Waals surface area contributed by atoms with Crippen LogP contribution < -0.4 is 9.47 Å². The molecule has 1 aliphatic carbocycles. The highest BCUT2D eigenvalue weighted by Gasteiger charge is 2.52. The van der Waals surface area contributed by atoms with Gasteiger partial charge in [-0.05, 0) is 11.5 Å². The van der Waals surface area contributed by atoms with Crippen molar-refractivity contribution in [3.05, 3.63) is 72.1 Å². The van der Waals surface area contributed by atoms with E-state index in [0.29, 0.717) is 17.7 Å². The largest absolute Gasteiger partial charge is 0.480 e. The lowest BCUT2D eigenvalue weighted by molar-refractivity contribution is 0.141. The second kappa shape index (κ2) is 7.92. The molecular formula is C22H24N4O2. The van der Waals surface area contributed by atoms with E-state index in [1.54, 1.807) is 26.6 Å². The molecule has 3 aromatic rings. The van der Waals surface area contributed by atoms with Gasteiger partial charge in [0.2, 0.25) is 11.8 Å². The summed E-state index contributed by atoms with van der Waals surface area (Å²) >= 11 is 0. The maximum absolute atomic E-state index is 5.31. The third-order valence-corrected chi connectivity index (χ3v) is 5.72. The number of nitrogens with zero attached hydrogens (tertiary/aromatic N) is 4. The van der Waals surface area contributed by atoms with Crippen LogP contribution in [0.5, 0.6) is 11.8 Å². The van der Waals surface area contributed by atoms with Crippen molar-refractivity contribution in [3.8, 4) is 11.8 Å². The quantitative estimate of drug-likeness (QED) is 0.648. The molecule has 2 aromatic heterocycles. The Kier molecular flexibility index (Phi) is 5.19. The SMILES string of the molecule is CCC1C(c2cncc(OC)n2)C(c2ccccc2)C1c1cncc(OC)n1.